The van der Waals surface area contributed by atoms with Gasteiger partial charge in [0.1, 0.15) is 0 Å². The van der Waals surface area contributed by atoms with Gasteiger partial charge in [-0.25, -0.2) is 0 Å². The molecule has 7 heteroatoms. The van der Waals surface area contributed by atoms with E-state index in [9.17, 15) is 4.79 Å². The molecule has 142 valence electrons. The summed E-state index contributed by atoms with van der Waals surface area (Å²) in [5, 5.41) is 12.3. The van der Waals surface area contributed by atoms with E-state index >= 15 is 0 Å². The Morgan fingerprint density at radius 1 is 1.19 bits per heavy atom. The van der Waals surface area contributed by atoms with E-state index in [4.69, 9.17) is 0 Å². The molecule has 1 aromatic heterocycles. The van der Waals surface area contributed by atoms with Crippen LogP contribution in [-0.4, -0.2) is 57.2 Å². The maximum atomic E-state index is 12.5. The van der Waals surface area contributed by atoms with Crippen molar-refractivity contribution in [1.29, 1.82) is 0 Å². The van der Waals surface area contributed by atoms with Crippen molar-refractivity contribution < 1.29 is 4.79 Å². The number of carbonyl (C=O) groups excluding carboxylic acids is 1. The number of tetrazole rings is 1. The van der Waals surface area contributed by atoms with E-state index in [1.165, 1.54) is 5.57 Å². The van der Waals surface area contributed by atoms with Gasteiger partial charge in [-0.2, -0.15) is 4.68 Å². The second-order valence-electron chi connectivity index (χ2n) is 7.95. The van der Waals surface area contributed by atoms with Gasteiger partial charge in [0.25, 0.3) is 0 Å². The normalized spacial score (nSPS) is 19.0. The number of benzene rings is 1. The zero-order valence-electron chi connectivity index (χ0n) is 16.0. The Morgan fingerprint density at radius 3 is 2.63 bits per heavy atom. The topological polar surface area (TPSA) is 67.2 Å². The smallest absolute Gasteiger partial charge is 0.250 e. The predicted octanol–water partition coefficient (Wildman–Crippen LogP) is 2.45. The maximum absolute atomic E-state index is 12.5. The molecule has 0 saturated carbocycles. The summed E-state index contributed by atoms with van der Waals surface area (Å²) in [4.78, 5) is 16.7. The molecule has 0 N–H and O–H groups in total. The van der Waals surface area contributed by atoms with Gasteiger partial charge in [-0.05, 0) is 49.2 Å². The van der Waals surface area contributed by atoms with Crippen molar-refractivity contribution in [3.63, 3.8) is 0 Å². The van der Waals surface area contributed by atoms with Gasteiger partial charge in [-0.3, -0.25) is 4.79 Å². The van der Waals surface area contributed by atoms with E-state index in [1.54, 1.807) is 4.68 Å². The fourth-order valence-electron chi connectivity index (χ4n) is 4.07. The summed E-state index contributed by atoms with van der Waals surface area (Å²) in [7, 11) is 0. The molecule has 0 atom stereocenters. The minimum atomic E-state index is 0.105. The first-order valence-electron chi connectivity index (χ1n) is 9.56. The molecule has 1 amide bonds. The predicted molar refractivity (Wildman–Crippen MR) is 104 cm³/mol. The van der Waals surface area contributed by atoms with Gasteiger partial charge in [0.2, 0.25) is 11.9 Å². The summed E-state index contributed by atoms with van der Waals surface area (Å²) < 4.78 is 1.79. The van der Waals surface area contributed by atoms with Crippen LogP contribution in [0.2, 0.25) is 0 Å². The number of hydrogen-bond donors (Lipinski definition) is 0. The molecule has 4 rings (SSSR count). The second kappa shape index (κ2) is 7.13. The lowest BCUT2D eigenvalue weighted by Crippen LogP contribution is -2.42. The van der Waals surface area contributed by atoms with Crippen LogP contribution in [0, 0.1) is 5.41 Å². The highest BCUT2D eigenvalue weighted by Gasteiger charge is 2.45. The molecule has 1 spiro atoms. The van der Waals surface area contributed by atoms with Crippen LogP contribution in [-0.2, 0) is 4.79 Å². The fraction of sp³-hybridized carbons (Fsp3) is 0.500. The minimum absolute atomic E-state index is 0.105. The number of aromatic nitrogens is 4. The number of hydrogen-bond acceptors (Lipinski definition) is 5. The number of anilines is 1. The van der Waals surface area contributed by atoms with Crippen LogP contribution in [0.25, 0.3) is 5.69 Å². The van der Waals surface area contributed by atoms with E-state index in [0.29, 0.717) is 6.42 Å². The van der Waals surface area contributed by atoms with Crippen LogP contribution in [0.5, 0.6) is 0 Å². The number of likely N-dealkylation sites (tertiary alicyclic amines) is 1. The second-order valence-corrected chi connectivity index (χ2v) is 7.95. The van der Waals surface area contributed by atoms with Crippen LogP contribution in [0.4, 0.5) is 5.95 Å². The number of nitrogens with zero attached hydrogens (tertiary/aromatic N) is 6. The third-order valence-corrected chi connectivity index (χ3v) is 5.69. The highest BCUT2D eigenvalue weighted by molar-refractivity contribution is 5.79. The number of para-hydroxylation sites is 1. The lowest BCUT2D eigenvalue weighted by molar-refractivity contribution is -0.127. The summed E-state index contributed by atoms with van der Waals surface area (Å²) in [6.07, 6.45) is 4.79. The Balaban J connectivity index is 1.44. The standard InChI is InChI=1S/C20H26N6O/c1-16(2)8-11-25-15-20(14-18(25)27)9-12-24(13-10-20)19-21-22-23-26(19)17-6-4-3-5-7-17/h3-8H,9-15H2,1-2H3. The van der Waals surface area contributed by atoms with Gasteiger partial charge < -0.3 is 9.80 Å². The van der Waals surface area contributed by atoms with Crippen LogP contribution < -0.4 is 4.90 Å². The van der Waals surface area contributed by atoms with Crippen molar-refractivity contribution in [2.24, 2.45) is 5.41 Å². The van der Waals surface area contributed by atoms with Crippen LogP contribution >= 0.6 is 0 Å². The van der Waals surface area contributed by atoms with Crippen molar-refractivity contribution in [1.82, 2.24) is 25.1 Å². The number of allylic oxidation sites excluding steroid dienone is 1. The summed E-state index contributed by atoms with van der Waals surface area (Å²) in [6.45, 7) is 7.50. The molecule has 2 aliphatic heterocycles. The van der Waals surface area contributed by atoms with Crippen LogP contribution in [0.15, 0.2) is 42.0 Å². The maximum Gasteiger partial charge on any atom is 0.250 e. The Labute approximate surface area is 159 Å². The van der Waals surface area contributed by atoms with E-state index in [0.717, 1.165) is 50.7 Å². The number of piperidine rings is 1. The molecular weight excluding hydrogens is 340 g/mol. The van der Waals surface area contributed by atoms with E-state index in [1.807, 2.05) is 35.2 Å². The first-order valence-corrected chi connectivity index (χ1v) is 9.56. The number of rotatable bonds is 4. The first-order chi connectivity index (χ1) is 13.1. The first kappa shape index (κ1) is 17.7. The number of amides is 1. The summed E-state index contributed by atoms with van der Waals surface area (Å²) >= 11 is 0. The van der Waals surface area contributed by atoms with Gasteiger partial charge >= 0.3 is 0 Å². The Morgan fingerprint density at radius 2 is 1.93 bits per heavy atom. The monoisotopic (exact) mass is 366 g/mol. The molecule has 0 aliphatic carbocycles. The molecule has 0 unspecified atom stereocenters. The van der Waals surface area contributed by atoms with Crippen molar-refractivity contribution in [3.05, 3.63) is 42.0 Å². The Bertz CT molecular complexity index is 831. The van der Waals surface area contributed by atoms with E-state index in [-0.39, 0.29) is 11.3 Å². The zero-order chi connectivity index (χ0) is 18.9. The zero-order valence-corrected chi connectivity index (χ0v) is 16.0. The summed E-state index contributed by atoms with van der Waals surface area (Å²) in [5.74, 6) is 1.07. The van der Waals surface area contributed by atoms with Crippen molar-refractivity contribution in [3.8, 4) is 5.69 Å². The Kier molecular flexibility index (Phi) is 4.68. The van der Waals surface area contributed by atoms with Gasteiger partial charge in [0, 0.05) is 38.0 Å². The average Bonchev–Trinajstić information content (AvgIpc) is 3.27. The van der Waals surface area contributed by atoms with Crippen LogP contribution in [0.1, 0.15) is 33.1 Å². The van der Waals surface area contributed by atoms with Crippen molar-refractivity contribution in [2.45, 2.75) is 33.1 Å². The third-order valence-electron chi connectivity index (χ3n) is 5.69. The highest BCUT2D eigenvalue weighted by Crippen LogP contribution is 2.41. The van der Waals surface area contributed by atoms with Crippen molar-refractivity contribution >= 4 is 11.9 Å². The third kappa shape index (κ3) is 3.59. The van der Waals surface area contributed by atoms with E-state index < -0.39 is 0 Å². The molecule has 2 fully saturated rings. The van der Waals surface area contributed by atoms with Crippen molar-refractivity contribution in [2.75, 3.05) is 31.1 Å². The minimum Gasteiger partial charge on any atom is -0.339 e. The SMILES string of the molecule is CC(C)=CCN1CC2(CCN(c3nnnn3-c3ccccc3)CC2)CC1=O. The largest absolute Gasteiger partial charge is 0.339 e. The number of carbonyl (C=O) groups is 1. The lowest BCUT2D eigenvalue weighted by Gasteiger charge is -2.38. The highest BCUT2D eigenvalue weighted by atomic mass is 16.2. The molecule has 0 bridgehead atoms. The molecule has 1 aromatic carbocycles. The Hall–Kier alpha value is -2.70. The average molecular weight is 366 g/mol. The molecule has 2 aliphatic rings. The summed E-state index contributed by atoms with van der Waals surface area (Å²) in [5.41, 5.74) is 2.32. The molecule has 7 nitrogen and oxygen atoms in total. The van der Waals surface area contributed by atoms with Crippen LogP contribution in [0.3, 0.4) is 0 Å². The molecule has 27 heavy (non-hydrogen) atoms. The van der Waals surface area contributed by atoms with Gasteiger partial charge in [0.15, 0.2) is 0 Å². The van der Waals surface area contributed by atoms with Gasteiger partial charge in [0.05, 0.1) is 5.69 Å². The van der Waals surface area contributed by atoms with Gasteiger partial charge in [-0.15, -0.1) is 0 Å². The lowest BCUT2D eigenvalue weighted by atomic mass is 9.77. The van der Waals surface area contributed by atoms with Gasteiger partial charge in [-0.1, -0.05) is 34.9 Å². The van der Waals surface area contributed by atoms with E-state index in [2.05, 4.69) is 40.3 Å². The molecule has 0 radical (unpaired) electrons. The molecular formula is C20H26N6O. The fourth-order valence-corrected chi connectivity index (χ4v) is 4.07. The summed E-state index contributed by atoms with van der Waals surface area (Å²) in [6, 6.07) is 9.95. The molecule has 3 heterocycles. The molecule has 2 aromatic rings. The molecule has 2 saturated heterocycles. The quantitative estimate of drug-likeness (QED) is 0.778.